The molecule has 3 aliphatic carbocycles. The van der Waals surface area contributed by atoms with Crippen LogP contribution in [-0.2, 0) is 10.2 Å². The Bertz CT molecular complexity index is 682. The number of likely N-dealkylation sites (tertiary alicyclic amines) is 1. The molecule has 4 aliphatic rings. The molecule has 1 aromatic rings. The number of fused-ring (bicyclic) bond motifs is 4. The zero-order valence-electron chi connectivity index (χ0n) is 15.3. The lowest BCUT2D eigenvalue weighted by Crippen LogP contribution is -2.48. The second-order valence-corrected chi connectivity index (χ2v) is 9.10. The first-order valence-electron chi connectivity index (χ1n) is 10.3. The lowest BCUT2D eigenvalue weighted by Gasteiger charge is -2.44. The van der Waals surface area contributed by atoms with E-state index in [4.69, 9.17) is 0 Å². The molecule has 136 valence electrons. The van der Waals surface area contributed by atoms with E-state index in [2.05, 4.69) is 34.5 Å². The van der Waals surface area contributed by atoms with Gasteiger partial charge in [0.1, 0.15) is 0 Å². The number of carbonyl (C=O) groups is 1. The quantitative estimate of drug-likeness (QED) is 0.881. The summed E-state index contributed by atoms with van der Waals surface area (Å²) in [6.07, 6.45) is 9.54. The van der Waals surface area contributed by atoms with Crippen LogP contribution in [0.15, 0.2) is 24.3 Å². The standard InChI is InChI=1S/C22H30N2O.H2/c1-15(25)23-20-14-22(19-5-3-2-4-18(19)20)8-10-24(11-9-22)21-13-16-6-7-17(21)12-16;/h2-5,16-17,20-21H,6-14H2,1H3,(H,23,25);1H/t16-,17+,20+,21+;/m0./s1. The summed E-state index contributed by atoms with van der Waals surface area (Å²) in [5, 5.41) is 3.21. The van der Waals surface area contributed by atoms with E-state index < -0.39 is 0 Å². The molecule has 1 saturated heterocycles. The molecule has 5 rings (SSSR count). The molecule has 2 saturated carbocycles. The molecule has 3 fully saturated rings. The third-order valence-corrected chi connectivity index (χ3v) is 7.80. The predicted octanol–water partition coefficient (Wildman–Crippen LogP) is 4.04. The molecule has 2 bridgehead atoms. The van der Waals surface area contributed by atoms with E-state index in [0.29, 0.717) is 0 Å². The van der Waals surface area contributed by atoms with E-state index in [1.54, 1.807) is 6.92 Å². The van der Waals surface area contributed by atoms with Gasteiger partial charge >= 0.3 is 0 Å². The van der Waals surface area contributed by atoms with Crippen LogP contribution in [0, 0.1) is 11.8 Å². The van der Waals surface area contributed by atoms with Crippen molar-refractivity contribution in [3.63, 3.8) is 0 Å². The first kappa shape index (κ1) is 15.9. The second kappa shape index (κ2) is 5.84. The van der Waals surface area contributed by atoms with Crippen LogP contribution in [0.4, 0.5) is 0 Å². The molecule has 0 radical (unpaired) electrons. The van der Waals surface area contributed by atoms with Crippen LogP contribution in [0.1, 0.15) is 70.5 Å². The highest BCUT2D eigenvalue weighted by Gasteiger charge is 2.48. The summed E-state index contributed by atoms with van der Waals surface area (Å²) in [7, 11) is 0. The van der Waals surface area contributed by atoms with Crippen molar-refractivity contribution in [3.8, 4) is 0 Å². The summed E-state index contributed by atoms with van der Waals surface area (Å²) in [6, 6.07) is 9.94. The van der Waals surface area contributed by atoms with Crippen molar-refractivity contribution >= 4 is 5.91 Å². The van der Waals surface area contributed by atoms with E-state index in [0.717, 1.165) is 24.3 Å². The summed E-state index contributed by atoms with van der Waals surface area (Å²) in [6.45, 7) is 4.13. The highest BCUT2D eigenvalue weighted by molar-refractivity contribution is 5.73. The molecule has 1 N–H and O–H groups in total. The maximum absolute atomic E-state index is 11.7. The number of piperidine rings is 1. The summed E-state index contributed by atoms with van der Waals surface area (Å²) >= 11 is 0. The van der Waals surface area contributed by atoms with Gasteiger partial charge in [0.25, 0.3) is 0 Å². The minimum absolute atomic E-state index is 0. The lowest BCUT2D eigenvalue weighted by atomic mass is 9.73. The van der Waals surface area contributed by atoms with Gasteiger partial charge in [0, 0.05) is 19.8 Å². The SMILES string of the molecule is CC(=O)N[C@@H]1CC2(CCN([C@@H]3C[C@H]4CC[C@@H]3C4)CC2)c2ccccc21.[HH]. The van der Waals surface area contributed by atoms with Crippen LogP contribution in [0.2, 0.25) is 0 Å². The molecule has 1 aromatic carbocycles. The van der Waals surface area contributed by atoms with Gasteiger partial charge in [-0.15, -0.1) is 0 Å². The van der Waals surface area contributed by atoms with Crippen LogP contribution in [0.3, 0.4) is 0 Å². The average molecular weight is 341 g/mol. The number of nitrogens with one attached hydrogen (secondary N) is 1. The maximum Gasteiger partial charge on any atom is 0.217 e. The Labute approximate surface area is 152 Å². The summed E-state index contributed by atoms with van der Waals surface area (Å²) in [4.78, 5) is 14.5. The van der Waals surface area contributed by atoms with Crippen LogP contribution >= 0.6 is 0 Å². The zero-order valence-corrected chi connectivity index (χ0v) is 15.3. The van der Waals surface area contributed by atoms with E-state index >= 15 is 0 Å². The first-order valence-corrected chi connectivity index (χ1v) is 10.3. The van der Waals surface area contributed by atoms with Crippen LogP contribution in [0.5, 0.6) is 0 Å². The Hall–Kier alpha value is -1.35. The third-order valence-electron chi connectivity index (χ3n) is 7.80. The summed E-state index contributed by atoms with van der Waals surface area (Å²) in [5.41, 5.74) is 3.17. The number of benzene rings is 1. The zero-order chi connectivity index (χ0) is 17.0. The van der Waals surface area contributed by atoms with Crippen molar-refractivity contribution < 1.29 is 6.22 Å². The van der Waals surface area contributed by atoms with Crippen molar-refractivity contribution in [1.29, 1.82) is 0 Å². The molecule has 1 heterocycles. The normalized spacial score (nSPS) is 35.9. The average Bonchev–Trinajstić information content (AvgIpc) is 3.31. The van der Waals surface area contributed by atoms with Crippen molar-refractivity contribution in [2.75, 3.05) is 13.1 Å². The Morgan fingerprint density at radius 1 is 1.20 bits per heavy atom. The summed E-state index contributed by atoms with van der Waals surface area (Å²) in [5.74, 6) is 2.11. The molecule has 0 unspecified atom stereocenters. The first-order chi connectivity index (χ1) is 12.1. The fraction of sp³-hybridized carbons (Fsp3) is 0.682. The molecule has 4 atom stereocenters. The molecule has 1 aliphatic heterocycles. The van der Waals surface area contributed by atoms with E-state index in [1.807, 2.05) is 0 Å². The number of hydrogen-bond donors (Lipinski definition) is 1. The summed E-state index contributed by atoms with van der Waals surface area (Å²) < 4.78 is 0. The Morgan fingerprint density at radius 2 is 2.00 bits per heavy atom. The van der Waals surface area contributed by atoms with E-state index in [9.17, 15) is 4.79 Å². The largest absolute Gasteiger partial charge is 0.349 e. The second-order valence-electron chi connectivity index (χ2n) is 9.10. The van der Waals surface area contributed by atoms with E-state index in [1.165, 1.54) is 62.7 Å². The molecule has 3 heteroatoms. The van der Waals surface area contributed by atoms with Gasteiger partial charge in [-0.2, -0.15) is 0 Å². The number of nitrogens with zero attached hydrogens (tertiary/aromatic N) is 1. The van der Waals surface area contributed by atoms with Gasteiger partial charge in [-0.05, 0) is 74.6 Å². The molecule has 1 amide bonds. The molecular formula is C22H32N2O. The van der Waals surface area contributed by atoms with Crippen molar-refractivity contribution in [2.24, 2.45) is 11.8 Å². The van der Waals surface area contributed by atoms with Crippen LogP contribution in [0.25, 0.3) is 0 Å². The van der Waals surface area contributed by atoms with Gasteiger partial charge in [-0.1, -0.05) is 30.7 Å². The maximum atomic E-state index is 11.7. The number of carbonyl (C=O) groups excluding carboxylic acids is 1. The van der Waals surface area contributed by atoms with Gasteiger partial charge in [0.15, 0.2) is 0 Å². The van der Waals surface area contributed by atoms with Crippen molar-refractivity contribution in [1.82, 2.24) is 10.2 Å². The molecule has 25 heavy (non-hydrogen) atoms. The Balaban J connectivity index is 0.00000168. The molecule has 1 spiro atoms. The van der Waals surface area contributed by atoms with E-state index in [-0.39, 0.29) is 18.8 Å². The number of rotatable bonds is 2. The molecular weight excluding hydrogens is 308 g/mol. The predicted molar refractivity (Wildman–Crippen MR) is 101 cm³/mol. The van der Waals surface area contributed by atoms with Gasteiger partial charge in [-0.3, -0.25) is 4.79 Å². The van der Waals surface area contributed by atoms with Crippen LogP contribution in [-0.4, -0.2) is 29.9 Å². The molecule has 0 aromatic heterocycles. The fourth-order valence-electron chi connectivity index (χ4n) is 6.68. The Kier molecular flexibility index (Phi) is 3.70. The van der Waals surface area contributed by atoms with Gasteiger partial charge in [-0.25, -0.2) is 0 Å². The minimum Gasteiger partial charge on any atom is -0.349 e. The highest BCUT2D eigenvalue weighted by Crippen LogP contribution is 2.53. The highest BCUT2D eigenvalue weighted by atomic mass is 16.1. The molecule has 3 nitrogen and oxygen atoms in total. The third kappa shape index (κ3) is 2.54. The minimum atomic E-state index is 0. The lowest BCUT2D eigenvalue weighted by molar-refractivity contribution is -0.119. The van der Waals surface area contributed by atoms with Crippen LogP contribution < -0.4 is 5.32 Å². The Morgan fingerprint density at radius 3 is 2.68 bits per heavy atom. The number of hydrogen-bond acceptors (Lipinski definition) is 2. The fourth-order valence-corrected chi connectivity index (χ4v) is 6.68. The smallest absolute Gasteiger partial charge is 0.217 e. The van der Waals surface area contributed by atoms with Crippen molar-refractivity contribution in [3.05, 3.63) is 35.4 Å². The van der Waals surface area contributed by atoms with Crippen molar-refractivity contribution in [2.45, 2.75) is 69.4 Å². The monoisotopic (exact) mass is 340 g/mol. The van der Waals surface area contributed by atoms with Gasteiger partial charge in [0.05, 0.1) is 6.04 Å². The number of amides is 1. The van der Waals surface area contributed by atoms with Gasteiger partial charge in [0.2, 0.25) is 5.91 Å². The van der Waals surface area contributed by atoms with Gasteiger partial charge < -0.3 is 10.2 Å². The topological polar surface area (TPSA) is 32.3 Å².